The van der Waals surface area contributed by atoms with E-state index < -0.39 is 5.97 Å². The van der Waals surface area contributed by atoms with Gasteiger partial charge in [0, 0.05) is 43.9 Å². The van der Waals surface area contributed by atoms with Crippen LogP contribution in [0.25, 0.3) is 11.3 Å². The lowest BCUT2D eigenvalue weighted by Gasteiger charge is -2.41. The first kappa shape index (κ1) is 27.5. The minimum Gasteiger partial charge on any atom is -0.464 e. The van der Waals surface area contributed by atoms with Crippen LogP contribution in [0.3, 0.4) is 0 Å². The molecule has 0 bridgehead atoms. The summed E-state index contributed by atoms with van der Waals surface area (Å²) in [5.41, 5.74) is 1.56. The lowest BCUT2D eigenvalue weighted by Crippen LogP contribution is -2.53. The molecule has 5 rings (SSSR count). The van der Waals surface area contributed by atoms with Crippen LogP contribution in [0.1, 0.15) is 24.3 Å². The molecule has 2 saturated heterocycles. The number of hydrogen-bond donors (Lipinski definition) is 0. The standard InChI is InChI=1S/C26H28BrClFN7O3/c1-15-13-34(24-23(28)32-21(22(27)33-24)25(37)38-3)8-9-35(15)20-12-19(17-4-6-18(29)7-5-17)30-26(31-20)36-10-11-39-14-16(36)2/h4-7,12,15-16H,8-11,13-14H2,1-3H3/t15-,16-/m1/s1. The minimum absolute atomic E-state index is 0.0251. The van der Waals surface area contributed by atoms with Crippen LogP contribution in [0.4, 0.5) is 22.0 Å². The molecule has 0 saturated carbocycles. The van der Waals surface area contributed by atoms with E-state index in [9.17, 15) is 9.18 Å². The average Bonchev–Trinajstić information content (AvgIpc) is 2.94. The van der Waals surface area contributed by atoms with Crippen molar-refractivity contribution in [3.8, 4) is 11.3 Å². The fourth-order valence-corrected chi connectivity index (χ4v) is 5.46. The number of anilines is 3. The first-order valence-electron chi connectivity index (χ1n) is 12.6. The maximum atomic E-state index is 13.6. The third-order valence-corrected chi connectivity index (χ3v) is 7.67. The lowest BCUT2D eigenvalue weighted by atomic mass is 10.1. The predicted octanol–water partition coefficient (Wildman–Crippen LogP) is 4.22. The van der Waals surface area contributed by atoms with Crippen molar-refractivity contribution in [2.45, 2.75) is 25.9 Å². The molecule has 10 nitrogen and oxygen atoms in total. The van der Waals surface area contributed by atoms with Gasteiger partial charge in [-0.1, -0.05) is 11.6 Å². The van der Waals surface area contributed by atoms with Crippen molar-refractivity contribution in [3.63, 3.8) is 0 Å². The molecule has 39 heavy (non-hydrogen) atoms. The molecule has 2 aliphatic heterocycles. The third kappa shape index (κ3) is 5.78. The van der Waals surface area contributed by atoms with E-state index in [2.05, 4.69) is 49.5 Å². The van der Waals surface area contributed by atoms with E-state index in [0.29, 0.717) is 51.2 Å². The fourth-order valence-electron chi connectivity index (χ4n) is 4.79. The molecular weight excluding hydrogens is 593 g/mol. The number of carbonyl (C=O) groups excluding carboxylic acids is 1. The summed E-state index contributed by atoms with van der Waals surface area (Å²) in [6.45, 7) is 7.90. The second-order valence-corrected chi connectivity index (χ2v) is 10.6. The van der Waals surface area contributed by atoms with Crippen molar-refractivity contribution in [2.75, 3.05) is 61.2 Å². The average molecular weight is 621 g/mol. The van der Waals surface area contributed by atoms with Crippen LogP contribution in [-0.4, -0.2) is 84.5 Å². The van der Waals surface area contributed by atoms with Crippen molar-refractivity contribution in [1.82, 2.24) is 19.9 Å². The summed E-state index contributed by atoms with van der Waals surface area (Å²) in [5, 5.41) is 0.128. The number of esters is 1. The number of benzene rings is 1. The number of carbonyl (C=O) groups is 1. The topological polar surface area (TPSA) is 96.8 Å². The SMILES string of the molecule is COC(=O)c1nc(Cl)c(N2CCN(c3cc(-c4ccc(F)cc4)nc(N4CCOC[C@H]4C)n3)[C@H](C)C2)nc1Br. The van der Waals surface area contributed by atoms with Crippen LogP contribution < -0.4 is 14.7 Å². The highest BCUT2D eigenvalue weighted by Crippen LogP contribution is 2.32. The van der Waals surface area contributed by atoms with Gasteiger partial charge in [-0.25, -0.2) is 24.1 Å². The molecule has 0 radical (unpaired) electrons. The van der Waals surface area contributed by atoms with Gasteiger partial charge < -0.3 is 24.2 Å². The number of methoxy groups -OCH3 is 1. The summed E-state index contributed by atoms with van der Waals surface area (Å²) in [5.74, 6) is 0.971. The van der Waals surface area contributed by atoms with E-state index in [-0.39, 0.29) is 33.4 Å². The molecule has 13 heteroatoms. The fraction of sp³-hybridized carbons (Fsp3) is 0.423. The number of aromatic nitrogens is 4. The summed E-state index contributed by atoms with van der Waals surface area (Å²) < 4.78 is 24.3. The summed E-state index contributed by atoms with van der Waals surface area (Å²) in [6.07, 6.45) is 0. The number of nitrogens with zero attached hydrogens (tertiary/aromatic N) is 7. The summed E-state index contributed by atoms with van der Waals surface area (Å²) in [6, 6.07) is 8.42. The normalized spacial score (nSPS) is 19.8. The molecule has 4 heterocycles. The van der Waals surface area contributed by atoms with Gasteiger partial charge in [-0.15, -0.1) is 0 Å². The Bertz CT molecular complexity index is 1370. The predicted molar refractivity (Wildman–Crippen MR) is 150 cm³/mol. The lowest BCUT2D eigenvalue weighted by molar-refractivity contribution is 0.0592. The van der Waals surface area contributed by atoms with Crippen LogP contribution in [0, 0.1) is 5.82 Å². The molecule has 0 spiro atoms. The van der Waals surface area contributed by atoms with Crippen molar-refractivity contribution < 1.29 is 18.7 Å². The molecule has 2 fully saturated rings. The summed E-state index contributed by atoms with van der Waals surface area (Å²) >= 11 is 9.75. The highest BCUT2D eigenvalue weighted by atomic mass is 79.9. The number of hydrogen-bond acceptors (Lipinski definition) is 10. The summed E-state index contributed by atoms with van der Waals surface area (Å²) in [4.78, 5) is 36.9. The van der Waals surface area contributed by atoms with Crippen molar-refractivity contribution in [2.24, 2.45) is 0 Å². The maximum absolute atomic E-state index is 13.6. The van der Waals surface area contributed by atoms with E-state index in [1.807, 2.05) is 11.0 Å². The van der Waals surface area contributed by atoms with Gasteiger partial charge in [0.2, 0.25) is 5.95 Å². The monoisotopic (exact) mass is 619 g/mol. The minimum atomic E-state index is -0.618. The van der Waals surface area contributed by atoms with Gasteiger partial charge in [-0.3, -0.25) is 0 Å². The van der Waals surface area contributed by atoms with E-state index >= 15 is 0 Å². The first-order valence-corrected chi connectivity index (χ1v) is 13.7. The molecule has 1 aromatic carbocycles. The quantitative estimate of drug-likeness (QED) is 0.386. The van der Waals surface area contributed by atoms with Crippen LogP contribution in [0.15, 0.2) is 34.9 Å². The molecule has 2 atom stereocenters. The van der Waals surface area contributed by atoms with Gasteiger partial charge in [-0.05, 0) is 54.0 Å². The molecule has 0 amide bonds. The second kappa shape index (κ2) is 11.6. The molecule has 3 aromatic rings. The molecule has 0 N–H and O–H groups in total. The molecule has 2 aliphatic rings. The second-order valence-electron chi connectivity index (χ2n) is 9.49. The Balaban J connectivity index is 1.44. The van der Waals surface area contributed by atoms with E-state index in [0.717, 1.165) is 17.1 Å². The Morgan fingerprint density at radius 3 is 2.54 bits per heavy atom. The Labute approximate surface area is 239 Å². The zero-order chi connectivity index (χ0) is 27.7. The number of rotatable bonds is 5. The van der Waals surface area contributed by atoms with Crippen molar-refractivity contribution in [1.29, 1.82) is 0 Å². The van der Waals surface area contributed by atoms with Gasteiger partial charge in [0.15, 0.2) is 16.7 Å². The first-order chi connectivity index (χ1) is 18.7. The molecule has 0 aliphatic carbocycles. The number of halogens is 3. The van der Waals surface area contributed by atoms with Gasteiger partial charge in [0.1, 0.15) is 16.2 Å². The Morgan fingerprint density at radius 1 is 1.08 bits per heavy atom. The zero-order valence-electron chi connectivity index (χ0n) is 21.8. The third-order valence-electron chi connectivity index (χ3n) is 6.86. The highest BCUT2D eigenvalue weighted by molar-refractivity contribution is 9.10. The Morgan fingerprint density at radius 2 is 1.85 bits per heavy atom. The molecular formula is C26H28BrClFN7O3. The number of morpholine rings is 1. The smallest absolute Gasteiger partial charge is 0.359 e. The van der Waals surface area contributed by atoms with E-state index in [1.165, 1.54) is 19.2 Å². The van der Waals surface area contributed by atoms with Crippen LogP contribution in [0.5, 0.6) is 0 Å². The van der Waals surface area contributed by atoms with Crippen molar-refractivity contribution >= 4 is 51.1 Å². The van der Waals surface area contributed by atoms with Crippen molar-refractivity contribution in [3.05, 3.63) is 51.6 Å². The highest BCUT2D eigenvalue weighted by Gasteiger charge is 2.30. The maximum Gasteiger partial charge on any atom is 0.359 e. The van der Waals surface area contributed by atoms with Gasteiger partial charge in [0.05, 0.1) is 32.1 Å². The Hall–Kier alpha value is -3.09. The van der Waals surface area contributed by atoms with E-state index in [4.69, 9.17) is 31.0 Å². The molecule has 0 unspecified atom stereocenters. The Kier molecular flexibility index (Phi) is 8.15. The van der Waals surface area contributed by atoms with Crippen LogP contribution in [-0.2, 0) is 9.47 Å². The van der Waals surface area contributed by atoms with Gasteiger partial charge in [0.25, 0.3) is 0 Å². The number of piperazine rings is 1. The van der Waals surface area contributed by atoms with E-state index in [1.54, 1.807) is 12.1 Å². The van der Waals surface area contributed by atoms with Crippen LogP contribution >= 0.6 is 27.5 Å². The summed E-state index contributed by atoms with van der Waals surface area (Å²) in [7, 11) is 1.28. The van der Waals surface area contributed by atoms with Gasteiger partial charge >= 0.3 is 5.97 Å². The van der Waals surface area contributed by atoms with Gasteiger partial charge in [-0.2, -0.15) is 4.98 Å². The molecule has 2 aromatic heterocycles. The molecule has 206 valence electrons. The number of ether oxygens (including phenoxy) is 2. The van der Waals surface area contributed by atoms with Crippen LogP contribution in [0.2, 0.25) is 5.15 Å². The largest absolute Gasteiger partial charge is 0.464 e. The zero-order valence-corrected chi connectivity index (χ0v) is 24.1.